The van der Waals surface area contributed by atoms with E-state index >= 15 is 0 Å². The van der Waals surface area contributed by atoms with Crippen molar-refractivity contribution < 1.29 is 0 Å². The molecule has 2 aromatic rings. The van der Waals surface area contributed by atoms with Gasteiger partial charge in [-0.15, -0.1) is 0 Å². The first-order valence-electron chi connectivity index (χ1n) is 5.55. The molecule has 0 spiro atoms. The second-order valence-corrected chi connectivity index (χ2v) is 4.70. The Morgan fingerprint density at radius 2 is 2.24 bits per heavy atom. The molecular formula is C12H14ClN3S. The Balaban J connectivity index is 2.16. The molecule has 17 heavy (non-hydrogen) atoms. The molecule has 1 N–H and O–H groups in total. The predicted molar refractivity (Wildman–Crippen MR) is 71.5 cm³/mol. The van der Waals surface area contributed by atoms with E-state index in [4.69, 9.17) is 11.6 Å². The van der Waals surface area contributed by atoms with Crippen molar-refractivity contribution in [2.45, 2.75) is 19.4 Å². The molecule has 0 aliphatic heterocycles. The van der Waals surface area contributed by atoms with Crippen molar-refractivity contribution in [2.75, 3.05) is 6.54 Å². The van der Waals surface area contributed by atoms with Gasteiger partial charge in [-0.2, -0.15) is 8.75 Å². The van der Waals surface area contributed by atoms with Crippen molar-refractivity contribution in [3.05, 3.63) is 46.7 Å². The lowest BCUT2D eigenvalue weighted by Gasteiger charge is -2.15. The van der Waals surface area contributed by atoms with Crippen molar-refractivity contribution >= 4 is 23.3 Å². The number of benzene rings is 1. The van der Waals surface area contributed by atoms with Gasteiger partial charge in [-0.1, -0.05) is 36.7 Å². The summed E-state index contributed by atoms with van der Waals surface area (Å²) in [5.74, 6) is 0. The zero-order chi connectivity index (χ0) is 12.1. The summed E-state index contributed by atoms with van der Waals surface area (Å²) in [7, 11) is 0. The van der Waals surface area contributed by atoms with Crippen LogP contribution in [-0.4, -0.2) is 15.3 Å². The molecule has 1 atom stereocenters. The second-order valence-electron chi connectivity index (χ2n) is 3.74. The molecule has 90 valence electrons. The zero-order valence-electron chi connectivity index (χ0n) is 9.56. The fourth-order valence-electron chi connectivity index (χ4n) is 1.74. The summed E-state index contributed by atoms with van der Waals surface area (Å²) in [4.78, 5) is 0. The quantitative estimate of drug-likeness (QED) is 0.905. The molecule has 2 rings (SSSR count). The summed E-state index contributed by atoms with van der Waals surface area (Å²) in [6.07, 6.45) is 2.65. The molecular weight excluding hydrogens is 254 g/mol. The molecule has 3 nitrogen and oxygen atoms in total. The Morgan fingerprint density at radius 1 is 1.41 bits per heavy atom. The van der Waals surface area contributed by atoms with Gasteiger partial charge in [-0.05, 0) is 24.6 Å². The third kappa shape index (κ3) is 3.25. The van der Waals surface area contributed by atoms with Crippen LogP contribution in [-0.2, 0) is 6.42 Å². The van der Waals surface area contributed by atoms with Gasteiger partial charge in [-0.25, -0.2) is 0 Å². The van der Waals surface area contributed by atoms with E-state index in [1.807, 2.05) is 30.5 Å². The molecule has 0 aliphatic rings. The van der Waals surface area contributed by atoms with E-state index in [1.165, 1.54) is 11.7 Å². The Morgan fingerprint density at radius 3 is 2.88 bits per heavy atom. The molecule has 0 fully saturated rings. The minimum Gasteiger partial charge on any atom is -0.309 e. The lowest BCUT2D eigenvalue weighted by molar-refractivity contribution is 0.540. The number of hydrogen-bond acceptors (Lipinski definition) is 4. The summed E-state index contributed by atoms with van der Waals surface area (Å²) >= 11 is 7.40. The molecule has 0 saturated carbocycles. The maximum atomic E-state index is 6.17. The van der Waals surface area contributed by atoms with E-state index in [1.54, 1.807) is 0 Å². The van der Waals surface area contributed by atoms with E-state index in [2.05, 4.69) is 21.0 Å². The first-order valence-corrected chi connectivity index (χ1v) is 6.66. The van der Waals surface area contributed by atoms with Crippen LogP contribution < -0.4 is 5.32 Å². The van der Waals surface area contributed by atoms with Gasteiger partial charge in [-0.3, -0.25) is 0 Å². The van der Waals surface area contributed by atoms with Crippen molar-refractivity contribution in [1.82, 2.24) is 14.1 Å². The van der Waals surface area contributed by atoms with Gasteiger partial charge in [0.1, 0.15) is 0 Å². The highest BCUT2D eigenvalue weighted by Gasteiger charge is 2.15. The highest BCUT2D eigenvalue weighted by atomic mass is 35.5. The smallest absolute Gasteiger partial charge is 0.0915 e. The summed E-state index contributed by atoms with van der Waals surface area (Å²) in [5.41, 5.74) is 2.12. The Kier molecular flexibility index (Phi) is 4.48. The summed E-state index contributed by atoms with van der Waals surface area (Å²) in [5, 5.41) is 4.21. The molecule has 0 amide bonds. The van der Waals surface area contributed by atoms with Crippen molar-refractivity contribution in [2.24, 2.45) is 0 Å². The van der Waals surface area contributed by atoms with Gasteiger partial charge >= 0.3 is 0 Å². The number of rotatable bonds is 5. The molecule has 1 aromatic carbocycles. The van der Waals surface area contributed by atoms with E-state index < -0.39 is 0 Å². The van der Waals surface area contributed by atoms with Crippen LogP contribution >= 0.6 is 23.3 Å². The number of hydrogen-bond donors (Lipinski definition) is 1. The number of nitrogens with one attached hydrogen (secondary N) is 1. The highest BCUT2D eigenvalue weighted by molar-refractivity contribution is 6.99. The second kappa shape index (κ2) is 6.10. The highest BCUT2D eigenvalue weighted by Crippen LogP contribution is 2.22. The van der Waals surface area contributed by atoms with Crippen LogP contribution in [0.25, 0.3) is 0 Å². The van der Waals surface area contributed by atoms with Crippen LogP contribution in [0.1, 0.15) is 24.2 Å². The van der Waals surface area contributed by atoms with Gasteiger partial charge in [0, 0.05) is 5.02 Å². The van der Waals surface area contributed by atoms with E-state index in [0.717, 1.165) is 29.2 Å². The molecule has 0 saturated heterocycles. The Bertz CT molecular complexity index is 459. The molecule has 0 bridgehead atoms. The van der Waals surface area contributed by atoms with Crippen LogP contribution in [0.4, 0.5) is 0 Å². The van der Waals surface area contributed by atoms with Crippen LogP contribution in [0, 0.1) is 0 Å². The number of halogens is 1. The van der Waals surface area contributed by atoms with E-state index in [9.17, 15) is 0 Å². The minimum absolute atomic E-state index is 0.179. The summed E-state index contributed by atoms with van der Waals surface area (Å²) < 4.78 is 8.33. The predicted octanol–water partition coefficient (Wildman–Crippen LogP) is 3.08. The van der Waals surface area contributed by atoms with Gasteiger partial charge in [0.2, 0.25) is 0 Å². The average molecular weight is 268 g/mol. The fraction of sp³-hybridized carbons (Fsp3) is 0.333. The molecule has 0 aliphatic carbocycles. The fourth-order valence-corrected chi connectivity index (χ4v) is 2.42. The van der Waals surface area contributed by atoms with Crippen LogP contribution in [0.2, 0.25) is 5.02 Å². The summed E-state index contributed by atoms with van der Waals surface area (Å²) in [6.45, 7) is 2.98. The number of likely N-dealkylation sites (N-methyl/N-ethyl adjacent to an activating group) is 1. The van der Waals surface area contributed by atoms with Gasteiger partial charge in [0.05, 0.1) is 29.7 Å². The molecule has 0 radical (unpaired) electrons. The van der Waals surface area contributed by atoms with E-state index in [-0.39, 0.29) is 6.04 Å². The topological polar surface area (TPSA) is 37.8 Å². The number of nitrogens with zero attached hydrogens (tertiary/aromatic N) is 2. The first kappa shape index (κ1) is 12.5. The lowest BCUT2D eigenvalue weighted by Crippen LogP contribution is -2.23. The van der Waals surface area contributed by atoms with Crippen LogP contribution in [0.5, 0.6) is 0 Å². The normalized spacial score (nSPS) is 12.6. The number of aromatic nitrogens is 2. The maximum absolute atomic E-state index is 6.17. The van der Waals surface area contributed by atoms with Gasteiger partial charge in [0.15, 0.2) is 0 Å². The summed E-state index contributed by atoms with van der Waals surface area (Å²) in [6, 6.07) is 8.09. The first-order chi connectivity index (χ1) is 8.31. The maximum Gasteiger partial charge on any atom is 0.0915 e. The Hall–Kier alpha value is -0.970. The SMILES string of the molecule is CCNC(Cc1ccccc1Cl)c1cnsn1. The monoisotopic (exact) mass is 267 g/mol. The molecule has 1 aromatic heterocycles. The van der Waals surface area contributed by atoms with Gasteiger partial charge < -0.3 is 5.32 Å². The van der Waals surface area contributed by atoms with Crippen LogP contribution in [0.3, 0.4) is 0 Å². The standard InChI is InChI=1S/C12H14ClN3S/c1-2-14-11(12-8-15-17-16-12)7-9-5-3-4-6-10(9)13/h3-6,8,11,14H,2,7H2,1H3. The molecule has 1 heterocycles. The minimum atomic E-state index is 0.179. The third-order valence-electron chi connectivity index (χ3n) is 2.57. The third-order valence-corrected chi connectivity index (χ3v) is 3.43. The van der Waals surface area contributed by atoms with Crippen molar-refractivity contribution in [3.8, 4) is 0 Å². The lowest BCUT2D eigenvalue weighted by atomic mass is 10.0. The largest absolute Gasteiger partial charge is 0.309 e. The molecule has 1 unspecified atom stereocenters. The van der Waals surface area contributed by atoms with Crippen molar-refractivity contribution in [3.63, 3.8) is 0 Å². The molecule has 5 heteroatoms. The van der Waals surface area contributed by atoms with Crippen LogP contribution in [0.15, 0.2) is 30.5 Å². The van der Waals surface area contributed by atoms with E-state index in [0.29, 0.717) is 0 Å². The van der Waals surface area contributed by atoms with Gasteiger partial charge in [0.25, 0.3) is 0 Å². The zero-order valence-corrected chi connectivity index (χ0v) is 11.1. The average Bonchev–Trinajstić information content (AvgIpc) is 2.85. The van der Waals surface area contributed by atoms with Crippen molar-refractivity contribution in [1.29, 1.82) is 0 Å². The Labute approximate surface area is 110 Å².